The zero-order valence-corrected chi connectivity index (χ0v) is 5.71. The molecular formula is CHCl2O2Ru-. The Hall–Kier alpha value is 0.673. The third-order valence-corrected chi connectivity index (χ3v) is 0. The van der Waals surface area contributed by atoms with Crippen molar-refractivity contribution in [1.82, 2.24) is 0 Å². The quantitative estimate of drug-likeness (QED) is 0.485. The third-order valence-electron chi connectivity index (χ3n) is 0. The molecule has 0 spiro atoms. The van der Waals surface area contributed by atoms with Crippen LogP contribution in [0.2, 0.25) is 0 Å². The van der Waals surface area contributed by atoms with E-state index in [1.165, 1.54) is 0 Å². The number of hydrogen-bond donors (Lipinski definition) is 1. The predicted molar refractivity (Wildman–Crippen MR) is 20.0 cm³/mol. The molecule has 0 aromatic carbocycles. The Bertz CT molecular complexity index is 25.5. The van der Waals surface area contributed by atoms with Crippen LogP contribution in [0.25, 0.3) is 0 Å². The van der Waals surface area contributed by atoms with Crippen molar-refractivity contribution < 1.29 is 25.0 Å². The summed E-state index contributed by atoms with van der Waals surface area (Å²) in [6.07, 6.45) is 0. The van der Waals surface area contributed by atoms with Crippen molar-refractivity contribution in [2.75, 3.05) is 0 Å². The second kappa shape index (κ2) is 17.3. The van der Waals surface area contributed by atoms with E-state index in [2.05, 4.69) is 0 Å². The van der Waals surface area contributed by atoms with E-state index in [1.54, 1.807) is 0 Å². The molecule has 5 heteroatoms. The van der Waals surface area contributed by atoms with Crippen molar-refractivity contribution in [3.63, 3.8) is 0 Å². The summed E-state index contributed by atoms with van der Waals surface area (Å²) in [5.74, 6) is 0. The molecule has 0 rings (SSSR count). The maximum atomic E-state index is 8.24. The summed E-state index contributed by atoms with van der Waals surface area (Å²) in [6.45, 7) is 0.500. The van der Waals surface area contributed by atoms with Crippen molar-refractivity contribution in [2.24, 2.45) is 0 Å². The van der Waals surface area contributed by atoms with Gasteiger partial charge in [0.2, 0.25) is 0 Å². The summed E-state index contributed by atoms with van der Waals surface area (Å²) in [6, 6.07) is 0. The molecule has 2 nitrogen and oxygen atoms in total. The molecule has 40 valence electrons. The standard InChI is InChI=1S/CHO2.2ClH.Ru/c2-1-3;;;/h(H,2,3);2*1H;/q-1;;;+2/p-2. The van der Waals surface area contributed by atoms with E-state index in [0.717, 1.165) is 0 Å². The van der Waals surface area contributed by atoms with Crippen LogP contribution < -0.4 is 0 Å². The number of hydrogen-bond acceptors (Lipinski definition) is 1. The zero-order valence-electron chi connectivity index (χ0n) is 2.46. The Kier molecular flexibility index (Phi) is 28.4. The molecule has 0 amide bonds. The van der Waals surface area contributed by atoms with Gasteiger partial charge in [0.25, 0.3) is 0 Å². The monoisotopic (exact) mass is 217 g/mol. The minimum atomic E-state index is -0.346. The normalized spacial score (nSPS) is 5.67. The van der Waals surface area contributed by atoms with Gasteiger partial charge in [-0.3, -0.25) is 0 Å². The van der Waals surface area contributed by atoms with E-state index in [0.29, 0.717) is 6.47 Å². The third kappa shape index (κ3) is 139. The summed E-state index contributed by atoms with van der Waals surface area (Å²) in [5.41, 5.74) is 0. The second-order valence-electron chi connectivity index (χ2n) is 0.142. The minimum absolute atomic E-state index is 0.346. The summed E-state index contributed by atoms with van der Waals surface area (Å²) in [7, 11) is 9.71. The van der Waals surface area contributed by atoms with Gasteiger partial charge in [-0.25, -0.2) is 0 Å². The molecule has 0 aromatic rings. The van der Waals surface area contributed by atoms with E-state index in [1.807, 2.05) is 0 Å². The first kappa shape index (κ1) is 9.83. The van der Waals surface area contributed by atoms with Gasteiger partial charge in [0.05, 0.1) is 0 Å². The van der Waals surface area contributed by atoms with Gasteiger partial charge in [-0.2, -0.15) is 0 Å². The molecule has 0 heterocycles. The molecular weight excluding hydrogens is 216 g/mol. The molecule has 0 radical (unpaired) electrons. The van der Waals surface area contributed by atoms with Crippen LogP contribution in [0.15, 0.2) is 0 Å². The first-order chi connectivity index (χ1) is 2.83. The van der Waals surface area contributed by atoms with Crippen LogP contribution in [-0.2, 0) is 19.9 Å². The fourth-order valence-electron chi connectivity index (χ4n) is 0. The molecule has 0 saturated heterocycles. The van der Waals surface area contributed by atoms with Gasteiger partial charge in [-0.05, 0) is 0 Å². The Morgan fingerprint density at radius 2 is 1.67 bits per heavy atom. The molecule has 1 N–H and O–H groups in total. The topological polar surface area (TPSA) is 37.3 Å². The van der Waals surface area contributed by atoms with Crippen LogP contribution >= 0.6 is 19.4 Å². The average molecular weight is 217 g/mol. The van der Waals surface area contributed by atoms with Crippen molar-refractivity contribution >= 4 is 25.9 Å². The summed E-state index contributed by atoms with van der Waals surface area (Å²) < 4.78 is 0. The number of rotatable bonds is 0. The van der Waals surface area contributed by atoms with Gasteiger partial charge in [0, 0.05) is 0 Å². The van der Waals surface area contributed by atoms with Crippen molar-refractivity contribution in [1.29, 1.82) is 0 Å². The van der Waals surface area contributed by atoms with E-state index >= 15 is 0 Å². The molecule has 0 aliphatic heterocycles. The molecule has 0 fully saturated rings. The molecule has 0 saturated carbocycles. The summed E-state index contributed by atoms with van der Waals surface area (Å²) in [5, 5.41) is 6.76. The van der Waals surface area contributed by atoms with E-state index in [4.69, 9.17) is 29.3 Å². The fourth-order valence-corrected chi connectivity index (χ4v) is 0. The van der Waals surface area contributed by atoms with Crippen LogP contribution in [0.1, 0.15) is 0 Å². The molecule has 0 atom stereocenters. The fraction of sp³-hybridized carbons (Fsp3) is 0. The van der Waals surface area contributed by atoms with Gasteiger partial charge in [-0.1, -0.05) is 6.47 Å². The Morgan fingerprint density at radius 3 is 1.67 bits per heavy atom. The maximum absolute atomic E-state index is 8.24. The summed E-state index contributed by atoms with van der Waals surface area (Å²) in [4.78, 5) is 8.24. The summed E-state index contributed by atoms with van der Waals surface area (Å²) >= 11 is -0.346. The average Bonchev–Trinajstić information content (AvgIpc) is 1.39. The van der Waals surface area contributed by atoms with E-state index in [-0.39, 0.29) is 15.1 Å². The van der Waals surface area contributed by atoms with Crippen LogP contribution in [0.5, 0.6) is 0 Å². The van der Waals surface area contributed by atoms with Crippen LogP contribution in [0.3, 0.4) is 0 Å². The Morgan fingerprint density at radius 1 is 1.67 bits per heavy atom. The van der Waals surface area contributed by atoms with Gasteiger partial charge in [0.1, 0.15) is 0 Å². The molecule has 0 aliphatic carbocycles. The number of halogens is 2. The van der Waals surface area contributed by atoms with E-state index in [9.17, 15) is 0 Å². The van der Waals surface area contributed by atoms with Crippen LogP contribution in [0.4, 0.5) is 0 Å². The predicted octanol–water partition coefficient (Wildman–Crippen LogP) is 0.988. The molecule has 0 bridgehead atoms. The van der Waals surface area contributed by atoms with Gasteiger partial charge >= 0.3 is 34.5 Å². The molecule has 0 unspecified atom stereocenters. The SMILES string of the molecule is O=[C-]O.[Cl][Ru][Cl]. The molecule has 0 aliphatic rings. The van der Waals surface area contributed by atoms with Crippen molar-refractivity contribution in [3.05, 3.63) is 0 Å². The van der Waals surface area contributed by atoms with Gasteiger partial charge in [0.15, 0.2) is 0 Å². The first-order valence-electron chi connectivity index (χ1n) is 0.695. The molecule has 6 heavy (non-hydrogen) atoms. The van der Waals surface area contributed by atoms with Crippen molar-refractivity contribution in [2.45, 2.75) is 0 Å². The van der Waals surface area contributed by atoms with Crippen molar-refractivity contribution in [3.8, 4) is 0 Å². The molecule has 0 aromatic heterocycles. The first-order valence-corrected chi connectivity index (χ1v) is 5.17. The van der Waals surface area contributed by atoms with Crippen LogP contribution in [0, 0.1) is 0 Å². The Labute approximate surface area is 51.1 Å². The van der Waals surface area contributed by atoms with E-state index < -0.39 is 0 Å². The van der Waals surface area contributed by atoms with Crippen LogP contribution in [-0.4, -0.2) is 11.6 Å². The second-order valence-corrected chi connectivity index (χ2v) is 2.78. The van der Waals surface area contributed by atoms with Gasteiger partial charge in [-0.15, -0.1) is 0 Å². The Balaban J connectivity index is 0. The van der Waals surface area contributed by atoms with Gasteiger partial charge < -0.3 is 9.90 Å². The zero-order chi connectivity index (χ0) is 5.41. The number of aliphatic hydroxyl groups excluding tert-OH is 1.